The molecule has 0 saturated heterocycles. The smallest absolute Gasteiger partial charge is 0.353 e. The van der Waals surface area contributed by atoms with Gasteiger partial charge >= 0.3 is 5.97 Å². The van der Waals surface area contributed by atoms with Crippen LogP contribution in [0, 0.1) is 0 Å². The molecular formula is C12H10N2O2S. The summed E-state index contributed by atoms with van der Waals surface area (Å²) in [5.74, 6) is 5.17. The van der Waals surface area contributed by atoms with E-state index in [1.165, 1.54) is 17.6 Å². The molecule has 2 aromatic rings. The zero-order valence-corrected chi connectivity index (χ0v) is 9.68. The van der Waals surface area contributed by atoms with E-state index in [1.54, 1.807) is 30.3 Å². The first-order valence-electron chi connectivity index (χ1n) is 4.88. The molecular weight excluding hydrogens is 236 g/mol. The molecule has 86 valence electrons. The summed E-state index contributed by atoms with van der Waals surface area (Å²) in [4.78, 5) is 12.2. The lowest BCUT2D eigenvalue weighted by atomic mass is 10.2. The van der Waals surface area contributed by atoms with Crippen molar-refractivity contribution in [1.82, 2.24) is 0 Å². The van der Waals surface area contributed by atoms with Crippen molar-refractivity contribution >= 4 is 23.5 Å². The number of ether oxygens (including phenoxy) is 1. The maximum absolute atomic E-state index is 11.7. The van der Waals surface area contributed by atoms with Gasteiger partial charge in [0.2, 0.25) is 0 Å². The Morgan fingerprint density at radius 3 is 2.94 bits per heavy atom. The van der Waals surface area contributed by atoms with Gasteiger partial charge in [0.1, 0.15) is 10.6 Å². The lowest BCUT2D eigenvalue weighted by molar-refractivity contribution is 0.0740. The maximum atomic E-state index is 11.7. The van der Waals surface area contributed by atoms with Crippen molar-refractivity contribution in [1.29, 1.82) is 0 Å². The molecule has 17 heavy (non-hydrogen) atoms. The summed E-state index contributed by atoms with van der Waals surface area (Å²) >= 11 is 1.34. The molecule has 0 amide bonds. The van der Waals surface area contributed by atoms with Gasteiger partial charge in [-0.25, -0.2) is 4.79 Å². The van der Waals surface area contributed by atoms with Crippen LogP contribution in [-0.2, 0) is 0 Å². The molecule has 2 N–H and O–H groups in total. The second kappa shape index (κ2) is 5.27. The SMILES string of the molecule is NN=Cc1cccc(OC(=O)c2cccs2)c1. The van der Waals surface area contributed by atoms with Crippen molar-refractivity contribution in [3.05, 3.63) is 52.2 Å². The summed E-state index contributed by atoms with van der Waals surface area (Å²) in [6.45, 7) is 0. The fourth-order valence-electron chi connectivity index (χ4n) is 1.30. The average Bonchev–Trinajstić information content (AvgIpc) is 2.83. The fraction of sp³-hybridized carbons (Fsp3) is 0. The Kier molecular flexibility index (Phi) is 3.52. The van der Waals surface area contributed by atoms with Crippen LogP contribution in [-0.4, -0.2) is 12.2 Å². The third-order valence-corrected chi connectivity index (χ3v) is 2.86. The molecule has 1 heterocycles. The number of rotatable bonds is 3. The van der Waals surface area contributed by atoms with E-state index in [4.69, 9.17) is 10.6 Å². The van der Waals surface area contributed by atoms with Crippen molar-refractivity contribution in [2.75, 3.05) is 0 Å². The molecule has 0 fully saturated rings. The van der Waals surface area contributed by atoms with Gasteiger partial charge in [-0.3, -0.25) is 0 Å². The van der Waals surface area contributed by atoms with Crippen LogP contribution in [0.4, 0.5) is 0 Å². The first-order valence-corrected chi connectivity index (χ1v) is 5.76. The summed E-state index contributed by atoms with van der Waals surface area (Å²) in [6, 6.07) is 10.5. The minimum absolute atomic E-state index is 0.359. The largest absolute Gasteiger partial charge is 0.422 e. The Hall–Kier alpha value is -2.14. The van der Waals surface area contributed by atoms with Gasteiger partial charge in [0.05, 0.1) is 6.21 Å². The molecule has 0 aliphatic heterocycles. The molecule has 0 bridgehead atoms. The van der Waals surface area contributed by atoms with Crippen LogP contribution in [0.15, 0.2) is 46.9 Å². The quantitative estimate of drug-likeness (QED) is 0.297. The molecule has 0 saturated carbocycles. The fourth-order valence-corrected chi connectivity index (χ4v) is 1.90. The number of nitrogens with two attached hydrogens (primary N) is 1. The lowest BCUT2D eigenvalue weighted by Gasteiger charge is -2.02. The zero-order valence-electron chi connectivity index (χ0n) is 8.87. The van der Waals surface area contributed by atoms with Crippen LogP contribution in [0.1, 0.15) is 15.2 Å². The molecule has 0 atom stereocenters. The number of nitrogens with zero attached hydrogens (tertiary/aromatic N) is 1. The minimum Gasteiger partial charge on any atom is -0.422 e. The predicted octanol–water partition coefficient (Wildman–Crippen LogP) is 2.26. The first-order chi connectivity index (χ1) is 8.29. The summed E-state index contributed by atoms with van der Waals surface area (Å²) in [5, 5.41) is 5.24. The van der Waals surface area contributed by atoms with Gasteiger partial charge in [0.15, 0.2) is 0 Å². The standard InChI is InChI=1S/C12H10N2O2S/c13-14-8-9-3-1-4-10(7-9)16-12(15)11-5-2-6-17-11/h1-8H,13H2. The van der Waals surface area contributed by atoms with Crippen molar-refractivity contribution in [2.45, 2.75) is 0 Å². The summed E-state index contributed by atoms with van der Waals surface area (Å²) < 4.78 is 5.21. The van der Waals surface area contributed by atoms with E-state index in [9.17, 15) is 4.79 Å². The molecule has 1 aromatic carbocycles. The number of carbonyl (C=O) groups is 1. The Morgan fingerprint density at radius 1 is 1.35 bits per heavy atom. The molecule has 0 aliphatic carbocycles. The van der Waals surface area contributed by atoms with Gasteiger partial charge in [0, 0.05) is 0 Å². The Balaban J connectivity index is 2.13. The topological polar surface area (TPSA) is 64.7 Å². The highest BCUT2D eigenvalue weighted by atomic mass is 32.1. The highest BCUT2D eigenvalue weighted by Crippen LogP contribution is 2.16. The van der Waals surface area contributed by atoms with Crippen LogP contribution in [0.3, 0.4) is 0 Å². The highest BCUT2D eigenvalue weighted by Gasteiger charge is 2.09. The molecule has 5 heteroatoms. The van der Waals surface area contributed by atoms with Crippen LogP contribution >= 0.6 is 11.3 Å². The van der Waals surface area contributed by atoms with Gasteiger partial charge in [-0.05, 0) is 29.1 Å². The maximum Gasteiger partial charge on any atom is 0.353 e. The second-order valence-electron chi connectivity index (χ2n) is 3.22. The summed E-state index contributed by atoms with van der Waals surface area (Å²) in [6.07, 6.45) is 1.49. The first kappa shape index (κ1) is 11.3. The Labute approximate surface area is 102 Å². The number of thiophene rings is 1. The van der Waals surface area contributed by atoms with Gasteiger partial charge in [-0.1, -0.05) is 18.2 Å². The summed E-state index contributed by atoms with van der Waals surface area (Å²) in [7, 11) is 0. The zero-order chi connectivity index (χ0) is 12.1. The van der Waals surface area contributed by atoms with Gasteiger partial charge in [-0.15, -0.1) is 11.3 Å². The van der Waals surface area contributed by atoms with E-state index < -0.39 is 0 Å². The van der Waals surface area contributed by atoms with Crippen LogP contribution < -0.4 is 10.6 Å². The number of benzene rings is 1. The van der Waals surface area contributed by atoms with E-state index in [0.29, 0.717) is 10.6 Å². The van der Waals surface area contributed by atoms with Gasteiger partial charge in [-0.2, -0.15) is 5.10 Å². The summed E-state index contributed by atoms with van der Waals surface area (Å²) in [5.41, 5.74) is 0.781. The number of carbonyl (C=O) groups excluding carboxylic acids is 1. The van der Waals surface area contributed by atoms with Crippen LogP contribution in [0.5, 0.6) is 5.75 Å². The second-order valence-corrected chi connectivity index (χ2v) is 4.17. The van der Waals surface area contributed by atoms with Crippen LogP contribution in [0.2, 0.25) is 0 Å². The average molecular weight is 246 g/mol. The van der Waals surface area contributed by atoms with Crippen molar-refractivity contribution < 1.29 is 9.53 Å². The number of hydrogen-bond acceptors (Lipinski definition) is 5. The highest BCUT2D eigenvalue weighted by molar-refractivity contribution is 7.12. The number of esters is 1. The van der Waals surface area contributed by atoms with Gasteiger partial charge < -0.3 is 10.6 Å². The predicted molar refractivity (Wildman–Crippen MR) is 67.5 cm³/mol. The van der Waals surface area contributed by atoms with E-state index in [1.807, 2.05) is 11.4 Å². The number of hydrogen-bond donors (Lipinski definition) is 1. The molecule has 2 rings (SSSR count). The molecule has 0 spiro atoms. The lowest BCUT2D eigenvalue weighted by Crippen LogP contribution is -2.06. The third-order valence-electron chi connectivity index (χ3n) is 2.01. The minimum atomic E-state index is -0.359. The number of hydrazone groups is 1. The molecule has 1 aromatic heterocycles. The van der Waals surface area contributed by atoms with Crippen LogP contribution in [0.25, 0.3) is 0 Å². The Bertz CT molecular complexity index is 535. The monoisotopic (exact) mass is 246 g/mol. The molecule has 0 aliphatic rings. The van der Waals surface area contributed by atoms with Crippen molar-refractivity contribution in [3.8, 4) is 5.75 Å². The van der Waals surface area contributed by atoms with E-state index in [0.717, 1.165) is 5.56 Å². The van der Waals surface area contributed by atoms with Crippen molar-refractivity contribution in [2.24, 2.45) is 10.9 Å². The van der Waals surface area contributed by atoms with Gasteiger partial charge in [0.25, 0.3) is 0 Å². The molecule has 0 unspecified atom stereocenters. The Morgan fingerprint density at radius 2 is 2.24 bits per heavy atom. The molecule has 4 nitrogen and oxygen atoms in total. The van der Waals surface area contributed by atoms with E-state index in [2.05, 4.69) is 5.10 Å². The van der Waals surface area contributed by atoms with Crippen molar-refractivity contribution in [3.63, 3.8) is 0 Å². The van der Waals surface area contributed by atoms with E-state index >= 15 is 0 Å². The normalized spacial score (nSPS) is 10.6. The molecule has 0 radical (unpaired) electrons. The third kappa shape index (κ3) is 2.92. The van der Waals surface area contributed by atoms with E-state index in [-0.39, 0.29) is 5.97 Å².